The summed E-state index contributed by atoms with van der Waals surface area (Å²) in [5.41, 5.74) is 7.72. The van der Waals surface area contributed by atoms with Gasteiger partial charge in [0, 0.05) is 19.4 Å². The van der Waals surface area contributed by atoms with Gasteiger partial charge >= 0.3 is 0 Å². The van der Waals surface area contributed by atoms with Gasteiger partial charge in [0.1, 0.15) is 0 Å². The normalized spacial score (nSPS) is 10.3. The molecule has 0 bridgehead atoms. The first kappa shape index (κ1) is 12.7. The Morgan fingerprint density at radius 2 is 2.25 bits per heavy atom. The second-order valence-corrected chi connectivity index (χ2v) is 3.71. The number of unbranched alkanes of at least 4 members (excludes halogenated alkanes) is 2. The molecule has 1 heterocycles. The van der Waals surface area contributed by atoms with E-state index in [4.69, 9.17) is 11.0 Å². The summed E-state index contributed by atoms with van der Waals surface area (Å²) < 4.78 is 1.95. The van der Waals surface area contributed by atoms with Crippen LogP contribution >= 0.6 is 0 Å². The van der Waals surface area contributed by atoms with Gasteiger partial charge in [-0.3, -0.25) is 0 Å². The minimum absolute atomic E-state index is 0.611. The molecule has 0 aliphatic heterocycles. The molecule has 0 aliphatic rings. The zero-order chi connectivity index (χ0) is 11.8. The third-order valence-electron chi connectivity index (χ3n) is 2.54. The summed E-state index contributed by atoms with van der Waals surface area (Å²) >= 11 is 0. The number of hydrogen-bond acceptors (Lipinski definition) is 4. The number of nitrogens with zero attached hydrogens (tertiary/aromatic N) is 4. The van der Waals surface area contributed by atoms with Gasteiger partial charge in [0.15, 0.2) is 0 Å². The maximum atomic E-state index is 8.44. The van der Waals surface area contributed by atoms with Gasteiger partial charge in [0.05, 0.1) is 17.5 Å². The number of aromatic nitrogens is 3. The standard InChI is InChI=1S/C11H19N5/c1-2-11-10(6-8-13)14-15-16(11)9-5-3-4-7-12/h2-6,8-9,13H2,1H3. The van der Waals surface area contributed by atoms with Crippen LogP contribution in [0.3, 0.4) is 0 Å². The van der Waals surface area contributed by atoms with Crippen molar-refractivity contribution in [1.82, 2.24) is 15.0 Å². The van der Waals surface area contributed by atoms with E-state index in [2.05, 4.69) is 23.3 Å². The van der Waals surface area contributed by atoms with E-state index in [1.165, 1.54) is 5.69 Å². The fraction of sp³-hybridized carbons (Fsp3) is 0.727. The summed E-state index contributed by atoms with van der Waals surface area (Å²) in [6, 6.07) is 2.15. The number of rotatable bonds is 7. The van der Waals surface area contributed by atoms with E-state index in [1.807, 2.05) is 4.68 Å². The molecular weight excluding hydrogens is 202 g/mol. The predicted octanol–water partition coefficient (Wildman–Crippen LogP) is 1.04. The third kappa shape index (κ3) is 3.31. The van der Waals surface area contributed by atoms with Crippen LogP contribution < -0.4 is 5.73 Å². The van der Waals surface area contributed by atoms with Crippen LogP contribution in [-0.2, 0) is 19.4 Å². The van der Waals surface area contributed by atoms with Crippen molar-refractivity contribution >= 4 is 0 Å². The Labute approximate surface area is 96.2 Å². The van der Waals surface area contributed by atoms with E-state index in [-0.39, 0.29) is 0 Å². The smallest absolute Gasteiger partial charge is 0.0871 e. The third-order valence-corrected chi connectivity index (χ3v) is 2.54. The highest BCUT2D eigenvalue weighted by Gasteiger charge is 2.09. The zero-order valence-electron chi connectivity index (χ0n) is 9.82. The average Bonchev–Trinajstić information content (AvgIpc) is 2.67. The molecule has 0 saturated heterocycles. The van der Waals surface area contributed by atoms with Crippen LogP contribution in [0.4, 0.5) is 0 Å². The number of aryl methyl sites for hydroxylation is 1. The first-order valence-electron chi connectivity index (χ1n) is 5.81. The van der Waals surface area contributed by atoms with Crippen molar-refractivity contribution in [2.24, 2.45) is 5.73 Å². The molecule has 1 aromatic rings. The fourth-order valence-corrected chi connectivity index (χ4v) is 1.73. The van der Waals surface area contributed by atoms with Gasteiger partial charge in [-0.05, 0) is 25.8 Å². The second-order valence-electron chi connectivity index (χ2n) is 3.71. The molecule has 88 valence electrons. The molecule has 0 spiro atoms. The summed E-state index contributed by atoms with van der Waals surface area (Å²) in [5.74, 6) is 0. The Morgan fingerprint density at radius 1 is 1.44 bits per heavy atom. The van der Waals surface area contributed by atoms with Crippen molar-refractivity contribution in [2.45, 2.75) is 45.6 Å². The van der Waals surface area contributed by atoms with Gasteiger partial charge in [-0.1, -0.05) is 12.1 Å². The molecule has 0 aliphatic carbocycles. The van der Waals surface area contributed by atoms with E-state index < -0.39 is 0 Å². The van der Waals surface area contributed by atoms with Gasteiger partial charge < -0.3 is 5.73 Å². The summed E-state index contributed by atoms with van der Waals surface area (Å²) in [6.07, 6.45) is 4.24. The minimum atomic E-state index is 0.611. The first-order chi connectivity index (χ1) is 7.83. The molecule has 0 saturated carbocycles. The minimum Gasteiger partial charge on any atom is -0.330 e. The van der Waals surface area contributed by atoms with Crippen molar-refractivity contribution in [1.29, 1.82) is 5.26 Å². The van der Waals surface area contributed by atoms with Gasteiger partial charge in [-0.25, -0.2) is 4.68 Å². The Morgan fingerprint density at radius 3 is 2.88 bits per heavy atom. The molecule has 0 atom stereocenters. The molecule has 0 fully saturated rings. The van der Waals surface area contributed by atoms with Crippen molar-refractivity contribution < 1.29 is 0 Å². The van der Waals surface area contributed by atoms with Gasteiger partial charge in [0.25, 0.3) is 0 Å². The van der Waals surface area contributed by atoms with E-state index in [1.54, 1.807) is 0 Å². The SMILES string of the molecule is CCc1c(CCN)nnn1CCCCC#N. The van der Waals surface area contributed by atoms with Crippen molar-refractivity contribution in [2.75, 3.05) is 6.54 Å². The summed E-state index contributed by atoms with van der Waals surface area (Å²) in [5, 5.41) is 16.7. The average molecular weight is 221 g/mol. The van der Waals surface area contributed by atoms with E-state index in [0.717, 1.165) is 37.9 Å². The molecule has 1 rings (SSSR count). The van der Waals surface area contributed by atoms with Crippen LogP contribution in [0.1, 0.15) is 37.6 Å². The van der Waals surface area contributed by atoms with Crippen LogP contribution in [0.15, 0.2) is 0 Å². The van der Waals surface area contributed by atoms with Crippen molar-refractivity contribution in [3.8, 4) is 6.07 Å². The number of nitrogens with two attached hydrogens (primary N) is 1. The Hall–Kier alpha value is -1.41. The van der Waals surface area contributed by atoms with Crippen LogP contribution in [0.2, 0.25) is 0 Å². The molecule has 0 amide bonds. The highest BCUT2D eigenvalue weighted by molar-refractivity contribution is 5.10. The molecule has 0 aromatic carbocycles. The van der Waals surface area contributed by atoms with Gasteiger partial charge in [-0.15, -0.1) is 5.10 Å². The topological polar surface area (TPSA) is 80.5 Å². The van der Waals surface area contributed by atoms with Crippen LogP contribution in [0.5, 0.6) is 0 Å². The highest BCUT2D eigenvalue weighted by atomic mass is 15.4. The lowest BCUT2D eigenvalue weighted by Crippen LogP contribution is -2.08. The molecular formula is C11H19N5. The van der Waals surface area contributed by atoms with Crippen LogP contribution in [0.25, 0.3) is 0 Å². The molecule has 0 radical (unpaired) electrons. The van der Waals surface area contributed by atoms with Gasteiger partial charge in [0.2, 0.25) is 0 Å². The number of hydrogen-bond donors (Lipinski definition) is 1. The lowest BCUT2D eigenvalue weighted by Gasteiger charge is -2.04. The van der Waals surface area contributed by atoms with Crippen LogP contribution in [-0.4, -0.2) is 21.5 Å². The van der Waals surface area contributed by atoms with E-state index in [9.17, 15) is 0 Å². The summed E-state index contributed by atoms with van der Waals surface area (Å²) in [4.78, 5) is 0. The Kier molecular flexibility index (Phi) is 5.51. The molecule has 16 heavy (non-hydrogen) atoms. The monoisotopic (exact) mass is 221 g/mol. The summed E-state index contributed by atoms with van der Waals surface area (Å²) in [7, 11) is 0. The quantitative estimate of drug-likeness (QED) is 0.697. The number of nitriles is 1. The lowest BCUT2D eigenvalue weighted by atomic mass is 10.2. The highest BCUT2D eigenvalue weighted by Crippen LogP contribution is 2.08. The van der Waals surface area contributed by atoms with Crippen LogP contribution in [0, 0.1) is 11.3 Å². The molecule has 5 heteroatoms. The Balaban J connectivity index is 2.55. The maximum Gasteiger partial charge on any atom is 0.0871 e. The molecule has 2 N–H and O–H groups in total. The summed E-state index contributed by atoms with van der Waals surface area (Å²) in [6.45, 7) is 3.56. The first-order valence-corrected chi connectivity index (χ1v) is 5.81. The van der Waals surface area contributed by atoms with Gasteiger partial charge in [-0.2, -0.15) is 5.26 Å². The maximum absolute atomic E-state index is 8.44. The predicted molar refractivity (Wildman–Crippen MR) is 61.6 cm³/mol. The second kappa shape index (κ2) is 6.96. The largest absolute Gasteiger partial charge is 0.330 e. The van der Waals surface area contributed by atoms with Crippen molar-refractivity contribution in [3.63, 3.8) is 0 Å². The molecule has 0 unspecified atom stereocenters. The van der Waals surface area contributed by atoms with Crippen molar-refractivity contribution in [3.05, 3.63) is 11.4 Å². The lowest BCUT2D eigenvalue weighted by molar-refractivity contribution is 0.528. The van der Waals surface area contributed by atoms with E-state index >= 15 is 0 Å². The molecule has 1 aromatic heterocycles. The Bertz CT molecular complexity index is 350. The molecule has 5 nitrogen and oxygen atoms in total. The zero-order valence-corrected chi connectivity index (χ0v) is 9.82. The fourth-order valence-electron chi connectivity index (χ4n) is 1.73. The van der Waals surface area contributed by atoms with E-state index in [0.29, 0.717) is 13.0 Å².